The first-order valence-electron chi connectivity index (χ1n) is 5.74. The Hall–Kier alpha value is -0.500. The summed E-state index contributed by atoms with van der Waals surface area (Å²) in [6, 6.07) is 6.62. The third-order valence-corrected chi connectivity index (χ3v) is 4.74. The number of hydrogen-bond donors (Lipinski definition) is 1. The molecule has 15 heavy (non-hydrogen) atoms. The lowest BCUT2D eigenvalue weighted by molar-refractivity contribution is 0.194. The maximum absolute atomic E-state index is 3.58. The normalized spacial score (nSPS) is 29.5. The van der Waals surface area contributed by atoms with Gasteiger partial charge in [0.2, 0.25) is 0 Å². The molecule has 1 aliphatic heterocycles. The fourth-order valence-electron chi connectivity index (χ4n) is 2.93. The Morgan fingerprint density at radius 1 is 1.40 bits per heavy atom. The minimum Gasteiger partial charge on any atom is -0.384 e. The summed E-state index contributed by atoms with van der Waals surface area (Å²) in [5.41, 5.74) is 3.23. The van der Waals surface area contributed by atoms with Crippen LogP contribution < -0.4 is 5.32 Å². The van der Waals surface area contributed by atoms with Crippen LogP contribution in [0.15, 0.2) is 22.7 Å². The van der Waals surface area contributed by atoms with Gasteiger partial charge < -0.3 is 5.32 Å². The van der Waals surface area contributed by atoms with E-state index in [0.29, 0.717) is 5.41 Å². The summed E-state index contributed by atoms with van der Waals surface area (Å²) in [5.74, 6) is 0.889. The second-order valence-electron chi connectivity index (χ2n) is 5.09. The topological polar surface area (TPSA) is 12.0 Å². The van der Waals surface area contributed by atoms with E-state index in [4.69, 9.17) is 0 Å². The molecule has 3 rings (SSSR count). The van der Waals surface area contributed by atoms with Gasteiger partial charge >= 0.3 is 0 Å². The van der Waals surface area contributed by atoms with Crippen LogP contribution in [-0.2, 0) is 5.41 Å². The highest BCUT2D eigenvalue weighted by Crippen LogP contribution is 2.49. The number of hydrogen-bond acceptors (Lipinski definition) is 1. The molecule has 1 aliphatic carbocycles. The molecule has 0 radical (unpaired) electrons. The third kappa shape index (κ3) is 1.34. The van der Waals surface area contributed by atoms with Crippen molar-refractivity contribution in [3.05, 3.63) is 28.2 Å². The number of nitrogens with one attached hydrogen (secondary N) is 1. The second-order valence-corrected chi connectivity index (χ2v) is 6.00. The predicted octanol–water partition coefficient (Wildman–Crippen LogP) is 3.93. The van der Waals surface area contributed by atoms with E-state index in [2.05, 4.69) is 46.4 Å². The fraction of sp³-hybridized carbons (Fsp3) is 0.538. The van der Waals surface area contributed by atoms with Gasteiger partial charge in [0.25, 0.3) is 0 Å². The first-order chi connectivity index (χ1) is 7.20. The Bertz CT molecular complexity index is 398. The number of fused-ring (bicyclic) bond motifs is 1. The number of benzene rings is 1. The maximum atomic E-state index is 3.58. The molecule has 1 aromatic rings. The molecule has 80 valence electrons. The van der Waals surface area contributed by atoms with Crippen LogP contribution in [0, 0.1) is 5.92 Å². The molecule has 0 amide bonds. The fourth-order valence-corrected chi connectivity index (χ4v) is 3.29. The molecule has 0 aromatic heterocycles. The van der Waals surface area contributed by atoms with Crippen LogP contribution >= 0.6 is 15.9 Å². The third-order valence-electron chi connectivity index (χ3n) is 4.25. The van der Waals surface area contributed by atoms with Crippen LogP contribution in [0.3, 0.4) is 0 Å². The summed E-state index contributed by atoms with van der Waals surface area (Å²) in [4.78, 5) is 0. The van der Waals surface area contributed by atoms with E-state index in [9.17, 15) is 0 Å². The van der Waals surface area contributed by atoms with E-state index < -0.39 is 0 Å². The molecule has 1 unspecified atom stereocenters. The van der Waals surface area contributed by atoms with Gasteiger partial charge in [-0.2, -0.15) is 0 Å². The summed E-state index contributed by atoms with van der Waals surface area (Å²) >= 11 is 3.58. The van der Waals surface area contributed by atoms with Crippen molar-refractivity contribution in [3.8, 4) is 0 Å². The molecule has 1 N–H and O–H groups in total. The van der Waals surface area contributed by atoms with Crippen molar-refractivity contribution in [1.29, 1.82) is 0 Å². The van der Waals surface area contributed by atoms with Crippen LogP contribution in [0.2, 0.25) is 0 Å². The predicted molar refractivity (Wildman–Crippen MR) is 67.3 cm³/mol. The van der Waals surface area contributed by atoms with E-state index in [0.717, 1.165) is 12.5 Å². The maximum Gasteiger partial charge on any atom is 0.0380 e. The summed E-state index contributed by atoms with van der Waals surface area (Å²) in [7, 11) is 0. The Balaban J connectivity index is 2.05. The van der Waals surface area contributed by atoms with Gasteiger partial charge in [-0.25, -0.2) is 0 Å². The zero-order valence-electron chi connectivity index (χ0n) is 9.02. The second kappa shape index (κ2) is 3.24. The minimum absolute atomic E-state index is 0.372. The molecule has 1 heterocycles. The molecule has 1 fully saturated rings. The van der Waals surface area contributed by atoms with E-state index in [1.54, 1.807) is 0 Å². The molecule has 1 atom stereocenters. The van der Waals surface area contributed by atoms with Crippen molar-refractivity contribution in [1.82, 2.24) is 0 Å². The van der Waals surface area contributed by atoms with Crippen molar-refractivity contribution in [2.24, 2.45) is 5.92 Å². The van der Waals surface area contributed by atoms with Crippen LogP contribution in [0.5, 0.6) is 0 Å². The first-order valence-corrected chi connectivity index (χ1v) is 6.53. The summed E-state index contributed by atoms with van der Waals surface area (Å²) < 4.78 is 1.20. The van der Waals surface area contributed by atoms with Gasteiger partial charge in [-0.05, 0) is 42.5 Å². The number of halogens is 1. The van der Waals surface area contributed by atoms with Crippen LogP contribution in [0.25, 0.3) is 0 Å². The van der Waals surface area contributed by atoms with Gasteiger partial charge in [0.05, 0.1) is 0 Å². The Kier molecular flexibility index (Phi) is 2.10. The largest absolute Gasteiger partial charge is 0.384 e. The monoisotopic (exact) mass is 265 g/mol. The standard InChI is InChI=1S/C13H16BrN/c1-13(9-3-2-4-9)8-15-12-6-5-10(14)7-11(12)13/h5-7,9,15H,2-4,8H2,1H3. The highest BCUT2D eigenvalue weighted by molar-refractivity contribution is 9.10. The average molecular weight is 266 g/mol. The van der Waals surface area contributed by atoms with E-state index >= 15 is 0 Å². The van der Waals surface area contributed by atoms with Gasteiger partial charge in [0.15, 0.2) is 0 Å². The zero-order chi connectivity index (χ0) is 10.5. The summed E-state index contributed by atoms with van der Waals surface area (Å²) in [6.07, 6.45) is 4.23. The van der Waals surface area contributed by atoms with Gasteiger partial charge in [0.1, 0.15) is 0 Å². The molecule has 0 bridgehead atoms. The van der Waals surface area contributed by atoms with Crippen molar-refractivity contribution in [2.75, 3.05) is 11.9 Å². The Morgan fingerprint density at radius 3 is 2.87 bits per heavy atom. The zero-order valence-corrected chi connectivity index (χ0v) is 10.6. The quantitative estimate of drug-likeness (QED) is 0.812. The van der Waals surface area contributed by atoms with Gasteiger partial charge in [0, 0.05) is 22.1 Å². The minimum atomic E-state index is 0.372. The lowest BCUT2D eigenvalue weighted by atomic mass is 9.64. The van der Waals surface area contributed by atoms with Gasteiger partial charge in [-0.3, -0.25) is 0 Å². The number of rotatable bonds is 1. The van der Waals surface area contributed by atoms with Crippen molar-refractivity contribution < 1.29 is 0 Å². The molecule has 0 saturated heterocycles. The molecule has 1 saturated carbocycles. The first kappa shape index (κ1) is 9.71. The lowest BCUT2D eigenvalue weighted by Crippen LogP contribution is -2.38. The van der Waals surface area contributed by atoms with E-state index in [1.165, 1.54) is 35.0 Å². The van der Waals surface area contributed by atoms with Gasteiger partial charge in [-0.15, -0.1) is 0 Å². The van der Waals surface area contributed by atoms with Crippen molar-refractivity contribution >= 4 is 21.6 Å². The summed E-state index contributed by atoms with van der Waals surface area (Å²) in [6.45, 7) is 3.53. The molecule has 1 aromatic carbocycles. The Labute approximate surface area is 99.4 Å². The molecule has 2 heteroatoms. The van der Waals surface area contributed by atoms with Crippen LogP contribution in [0.1, 0.15) is 31.7 Å². The van der Waals surface area contributed by atoms with Crippen molar-refractivity contribution in [3.63, 3.8) is 0 Å². The van der Waals surface area contributed by atoms with Crippen LogP contribution in [-0.4, -0.2) is 6.54 Å². The van der Waals surface area contributed by atoms with E-state index in [1.807, 2.05) is 0 Å². The van der Waals surface area contributed by atoms with Gasteiger partial charge in [-0.1, -0.05) is 29.3 Å². The molecular weight excluding hydrogens is 250 g/mol. The smallest absolute Gasteiger partial charge is 0.0380 e. The molecule has 2 aliphatic rings. The van der Waals surface area contributed by atoms with E-state index in [-0.39, 0.29) is 0 Å². The number of anilines is 1. The highest BCUT2D eigenvalue weighted by Gasteiger charge is 2.43. The lowest BCUT2D eigenvalue weighted by Gasteiger charge is -2.40. The average Bonchev–Trinajstić information content (AvgIpc) is 2.42. The molecular formula is C13H16BrN. The SMILES string of the molecule is CC1(C2CCC2)CNc2ccc(Br)cc21. The Morgan fingerprint density at radius 2 is 2.20 bits per heavy atom. The van der Waals surface area contributed by atoms with Crippen LogP contribution in [0.4, 0.5) is 5.69 Å². The molecule has 1 nitrogen and oxygen atoms in total. The summed E-state index contributed by atoms with van der Waals surface area (Å²) in [5, 5.41) is 3.55. The van der Waals surface area contributed by atoms with Crippen molar-refractivity contribution in [2.45, 2.75) is 31.6 Å². The highest BCUT2D eigenvalue weighted by atomic mass is 79.9. The molecule has 0 spiro atoms.